The Kier molecular flexibility index (Phi) is 12.8. The molecule has 0 bridgehead atoms. The van der Waals surface area contributed by atoms with Crippen LogP contribution in [0.2, 0.25) is 0 Å². The average molecular weight is 602 g/mol. The molecule has 44 heavy (non-hydrogen) atoms. The van der Waals surface area contributed by atoms with E-state index in [1.807, 2.05) is 12.1 Å². The van der Waals surface area contributed by atoms with Gasteiger partial charge in [-0.25, -0.2) is 14.6 Å². The number of hydrogen-bond donors (Lipinski definition) is 2. The summed E-state index contributed by atoms with van der Waals surface area (Å²) in [5.74, 6) is -1.92. The lowest BCUT2D eigenvalue weighted by Gasteiger charge is -2.34. The number of rotatable bonds is 14. The predicted octanol–water partition coefficient (Wildman–Crippen LogP) is 5.05. The van der Waals surface area contributed by atoms with Crippen LogP contribution in [-0.4, -0.2) is 79.2 Å². The largest absolute Gasteiger partial charge is 0.478 e. The van der Waals surface area contributed by atoms with Crippen molar-refractivity contribution in [2.45, 2.75) is 50.7 Å². The molecule has 0 amide bonds. The third-order valence-corrected chi connectivity index (χ3v) is 7.18. The molecule has 0 aliphatic carbocycles. The van der Waals surface area contributed by atoms with Gasteiger partial charge in [-0.05, 0) is 49.4 Å². The first-order chi connectivity index (χ1) is 21.5. The summed E-state index contributed by atoms with van der Waals surface area (Å²) in [5.41, 5.74) is 3.18. The van der Waals surface area contributed by atoms with Gasteiger partial charge in [0.1, 0.15) is 12.4 Å². The Morgan fingerprint density at radius 3 is 2.07 bits per heavy atom. The molecule has 0 atom stereocenters. The van der Waals surface area contributed by atoms with Crippen molar-refractivity contribution in [3.8, 4) is 5.88 Å². The van der Waals surface area contributed by atoms with Crippen LogP contribution in [0.25, 0.3) is 5.65 Å². The fourth-order valence-electron chi connectivity index (χ4n) is 4.96. The van der Waals surface area contributed by atoms with Crippen LogP contribution in [0.3, 0.4) is 0 Å². The minimum absolute atomic E-state index is 0.000468. The number of hydrogen-bond acceptors (Lipinski definition) is 8. The van der Waals surface area contributed by atoms with Crippen LogP contribution in [0, 0.1) is 0 Å². The molecule has 1 aliphatic rings. The van der Waals surface area contributed by atoms with Gasteiger partial charge in [0.05, 0.1) is 12.7 Å². The standard InChI is InChI=1S/C29H35N5O2.C4H4O4/c1(2-10-22-35-28-16-15-27-30-23-31-34(27)32-28)9-19-33-20-17-26(18-21-33)36-29(24-11-5-3-6-12-24)25-13-7-4-8-14-25;5-3(6)1-2-4(7)8/h3-8,11-16,23,26,29H,1-2,9-10,17-22H2;1-2H,(H,5,6)(H,7,8). The van der Waals surface area contributed by atoms with Gasteiger partial charge >= 0.3 is 11.9 Å². The van der Waals surface area contributed by atoms with Gasteiger partial charge in [0.25, 0.3) is 0 Å². The van der Waals surface area contributed by atoms with Crippen molar-refractivity contribution in [3.63, 3.8) is 0 Å². The number of unbranched alkanes of at least 4 members (excludes halogenated alkanes) is 3. The van der Waals surface area contributed by atoms with E-state index in [-0.39, 0.29) is 6.10 Å². The lowest BCUT2D eigenvalue weighted by atomic mass is 10.00. The topological polar surface area (TPSA) is 139 Å². The molecule has 4 aromatic rings. The van der Waals surface area contributed by atoms with Crippen molar-refractivity contribution in [2.24, 2.45) is 0 Å². The van der Waals surface area contributed by atoms with E-state index in [0.717, 1.165) is 38.0 Å². The van der Waals surface area contributed by atoms with Gasteiger partial charge in [0, 0.05) is 31.3 Å². The first-order valence-electron chi connectivity index (χ1n) is 14.9. The van der Waals surface area contributed by atoms with Crippen molar-refractivity contribution < 1.29 is 29.3 Å². The second kappa shape index (κ2) is 17.5. The number of piperidine rings is 1. The number of fused-ring (bicyclic) bond motifs is 1. The number of ether oxygens (including phenoxy) is 2. The van der Waals surface area contributed by atoms with E-state index in [2.05, 4.69) is 80.7 Å². The Bertz CT molecular complexity index is 1400. The van der Waals surface area contributed by atoms with Gasteiger partial charge in [-0.2, -0.15) is 0 Å². The van der Waals surface area contributed by atoms with E-state index in [9.17, 15) is 9.59 Å². The molecule has 0 saturated carbocycles. The highest BCUT2D eigenvalue weighted by atomic mass is 16.5. The molecular formula is C33H39N5O6. The summed E-state index contributed by atoms with van der Waals surface area (Å²) in [6.07, 6.45) is 9.74. The van der Waals surface area contributed by atoms with Crippen LogP contribution in [0.4, 0.5) is 0 Å². The molecule has 232 valence electrons. The van der Waals surface area contributed by atoms with Gasteiger partial charge in [-0.15, -0.1) is 14.8 Å². The summed E-state index contributed by atoms with van der Waals surface area (Å²) in [6, 6.07) is 24.9. The Balaban J connectivity index is 0.000000488. The summed E-state index contributed by atoms with van der Waals surface area (Å²) in [4.78, 5) is 25.8. The molecule has 2 aromatic carbocycles. The zero-order valence-electron chi connectivity index (χ0n) is 24.6. The van der Waals surface area contributed by atoms with Crippen LogP contribution >= 0.6 is 0 Å². The molecule has 1 aliphatic heterocycles. The van der Waals surface area contributed by atoms with Crippen LogP contribution in [0.1, 0.15) is 55.8 Å². The number of carboxylic acid groups (broad SMARTS) is 2. The lowest BCUT2D eigenvalue weighted by molar-refractivity contribution is -0.134. The molecule has 0 spiro atoms. The lowest BCUT2D eigenvalue weighted by Crippen LogP contribution is -2.38. The summed E-state index contributed by atoms with van der Waals surface area (Å²) < 4.78 is 13.9. The minimum Gasteiger partial charge on any atom is -0.478 e. The SMILES string of the molecule is O=C(O)C=CC(=O)O.c1ccc(C(OC2CCN(CCCCCCOc3ccc4ncnn4n3)CC2)c2ccccc2)cc1. The van der Waals surface area contributed by atoms with Crippen LogP contribution in [0.15, 0.2) is 91.3 Å². The number of aromatic nitrogens is 4. The summed E-state index contributed by atoms with van der Waals surface area (Å²) in [5, 5.41) is 24.0. The predicted molar refractivity (Wildman–Crippen MR) is 164 cm³/mol. The van der Waals surface area contributed by atoms with Crippen molar-refractivity contribution in [1.82, 2.24) is 24.7 Å². The molecule has 2 N–H and O–H groups in total. The average Bonchev–Trinajstić information content (AvgIpc) is 3.52. The third-order valence-electron chi connectivity index (χ3n) is 7.18. The molecule has 1 fully saturated rings. The molecule has 1 saturated heterocycles. The highest BCUT2D eigenvalue weighted by Crippen LogP contribution is 2.30. The smallest absolute Gasteiger partial charge is 0.328 e. The summed E-state index contributed by atoms with van der Waals surface area (Å²) in [6.45, 7) is 4.07. The van der Waals surface area contributed by atoms with Crippen molar-refractivity contribution in [3.05, 3.63) is 102 Å². The normalized spacial score (nSPS) is 14.0. The van der Waals surface area contributed by atoms with Gasteiger partial charge in [0.15, 0.2) is 5.65 Å². The molecular weight excluding hydrogens is 562 g/mol. The Morgan fingerprint density at radius 2 is 1.45 bits per heavy atom. The van der Waals surface area contributed by atoms with E-state index in [4.69, 9.17) is 19.7 Å². The molecule has 0 radical (unpaired) electrons. The summed E-state index contributed by atoms with van der Waals surface area (Å²) in [7, 11) is 0. The molecule has 11 nitrogen and oxygen atoms in total. The number of nitrogens with zero attached hydrogens (tertiary/aromatic N) is 5. The Labute approximate surface area is 256 Å². The number of benzene rings is 2. The van der Waals surface area contributed by atoms with E-state index in [0.29, 0.717) is 30.7 Å². The zero-order chi connectivity index (χ0) is 31.0. The molecule has 11 heteroatoms. The van der Waals surface area contributed by atoms with E-state index in [1.54, 1.807) is 0 Å². The van der Waals surface area contributed by atoms with Gasteiger partial charge in [-0.3, -0.25) is 0 Å². The maximum Gasteiger partial charge on any atom is 0.328 e. The fraction of sp³-hybridized carbons (Fsp3) is 0.364. The number of likely N-dealkylation sites (tertiary alicyclic amines) is 1. The second-order valence-electron chi connectivity index (χ2n) is 10.4. The number of carbonyl (C=O) groups is 2. The maximum absolute atomic E-state index is 9.55. The van der Waals surface area contributed by atoms with E-state index >= 15 is 0 Å². The highest BCUT2D eigenvalue weighted by Gasteiger charge is 2.24. The maximum atomic E-state index is 9.55. The van der Waals surface area contributed by atoms with Crippen LogP contribution < -0.4 is 4.74 Å². The van der Waals surface area contributed by atoms with Crippen molar-refractivity contribution in [1.29, 1.82) is 0 Å². The van der Waals surface area contributed by atoms with E-state index < -0.39 is 11.9 Å². The number of aliphatic carboxylic acids is 2. The van der Waals surface area contributed by atoms with Gasteiger partial charge in [-0.1, -0.05) is 73.5 Å². The molecule has 5 rings (SSSR count). The highest BCUT2D eigenvalue weighted by molar-refractivity contribution is 5.89. The van der Waals surface area contributed by atoms with Crippen molar-refractivity contribution >= 4 is 17.6 Å². The zero-order valence-corrected chi connectivity index (χ0v) is 24.6. The van der Waals surface area contributed by atoms with Gasteiger partial charge < -0.3 is 24.6 Å². The first kappa shape index (κ1) is 32.3. The van der Waals surface area contributed by atoms with Crippen molar-refractivity contribution in [2.75, 3.05) is 26.2 Å². The van der Waals surface area contributed by atoms with Crippen LogP contribution in [0.5, 0.6) is 5.88 Å². The first-order valence-corrected chi connectivity index (χ1v) is 14.9. The fourth-order valence-corrected chi connectivity index (χ4v) is 4.96. The van der Waals surface area contributed by atoms with Crippen LogP contribution in [-0.2, 0) is 14.3 Å². The number of carboxylic acids is 2. The Hall–Kier alpha value is -4.61. The molecule has 2 aromatic heterocycles. The quantitative estimate of drug-likeness (QED) is 0.149. The monoisotopic (exact) mass is 601 g/mol. The molecule has 3 heterocycles. The summed E-state index contributed by atoms with van der Waals surface area (Å²) >= 11 is 0. The van der Waals surface area contributed by atoms with E-state index in [1.165, 1.54) is 47.9 Å². The Morgan fingerprint density at radius 1 is 0.841 bits per heavy atom. The minimum atomic E-state index is -1.26. The van der Waals surface area contributed by atoms with Gasteiger partial charge in [0.2, 0.25) is 5.88 Å². The molecule has 0 unspecified atom stereocenters. The third kappa shape index (κ3) is 10.9. The second-order valence-corrected chi connectivity index (χ2v) is 10.4.